The standard InChI is InChI=1S/C15H19N3O/c1-3-11-5-4-10-17-14(11)15(18-16)12-6-8-13(19-2)9-7-12/h4-10,15,18H,3,16H2,1-2H3. The van der Waals surface area contributed by atoms with Gasteiger partial charge in [-0.05, 0) is 35.7 Å². The van der Waals surface area contributed by atoms with Crippen molar-refractivity contribution in [1.29, 1.82) is 0 Å². The Hall–Kier alpha value is -1.91. The summed E-state index contributed by atoms with van der Waals surface area (Å²) in [5.74, 6) is 6.54. The van der Waals surface area contributed by atoms with Crippen molar-refractivity contribution in [2.24, 2.45) is 5.84 Å². The van der Waals surface area contributed by atoms with Crippen LogP contribution in [0.4, 0.5) is 0 Å². The van der Waals surface area contributed by atoms with E-state index in [9.17, 15) is 0 Å². The van der Waals surface area contributed by atoms with Gasteiger partial charge in [-0.1, -0.05) is 25.1 Å². The summed E-state index contributed by atoms with van der Waals surface area (Å²) in [7, 11) is 1.65. The summed E-state index contributed by atoms with van der Waals surface area (Å²) >= 11 is 0. The fraction of sp³-hybridized carbons (Fsp3) is 0.267. The van der Waals surface area contributed by atoms with Crippen LogP contribution >= 0.6 is 0 Å². The first-order chi connectivity index (χ1) is 9.30. The van der Waals surface area contributed by atoms with Gasteiger partial charge in [0.15, 0.2) is 0 Å². The van der Waals surface area contributed by atoms with Crippen LogP contribution in [0.2, 0.25) is 0 Å². The van der Waals surface area contributed by atoms with Gasteiger partial charge in [-0.2, -0.15) is 0 Å². The molecule has 19 heavy (non-hydrogen) atoms. The zero-order chi connectivity index (χ0) is 13.7. The zero-order valence-corrected chi connectivity index (χ0v) is 11.3. The smallest absolute Gasteiger partial charge is 0.118 e. The number of methoxy groups -OCH3 is 1. The summed E-state index contributed by atoms with van der Waals surface area (Å²) in [5, 5.41) is 0. The van der Waals surface area contributed by atoms with Crippen molar-refractivity contribution in [3.63, 3.8) is 0 Å². The normalized spacial score (nSPS) is 12.2. The summed E-state index contributed by atoms with van der Waals surface area (Å²) in [6.45, 7) is 2.11. The number of rotatable bonds is 5. The van der Waals surface area contributed by atoms with E-state index in [-0.39, 0.29) is 6.04 Å². The van der Waals surface area contributed by atoms with Crippen molar-refractivity contribution in [3.8, 4) is 5.75 Å². The Balaban J connectivity index is 2.37. The van der Waals surface area contributed by atoms with Crippen LogP contribution in [-0.2, 0) is 6.42 Å². The molecule has 1 unspecified atom stereocenters. The Morgan fingerprint density at radius 1 is 1.26 bits per heavy atom. The molecule has 0 aliphatic heterocycles. The van der Waals surface area contributed by atoms with Crippen molar-refractivity contribution in [2.45, 2.75) is 19.4 Å². The van der Waals surface area contributed by atoms with E-state index in [1.165, 1.54) is 5.56 Å². The number of nitrogens with one attached hydrogen (secondary N) is 1. The van der Waals surface area contributed by atoms with Crippen LogP contribution in [-0.4, -0.2) is 12.1 Å². The maximum atomic E-state index is 5.71. The second-order valence-corrected chi connectivity index (χ2v) is 4.27. The summed E-state index contributed by atoms with van der Waals surface area (Å²) < 4.78 is 5.17. The lowest BCUT2D eigenvalue weighted by atomic mass is 9.99. The SMILES string of the molecule is CCc1cccnc1C(NN)c1ccc(OC)cc1. The van der Waals surface area contributed by atoms with E-state index in [0.717, 1.165) is 23.4 Å². The second-order valence-electron chi connectivity index (χ2n) is 4.27. The molecule has 0 fully saturated rings. The van der Waals surface area contributed by atoms with Gasteiger partial charge < -0.3 is 4.74 Å². The molecule has 100 valence electrons. The number of ether oxygens (including phenoxy) is 1. The number of nitrogens with two attached hydrogens (primary N) is 1. The van der Waals surface area contributed by atoms with Crippen LogP contribution < -0.4 is 16.0 Å². The van der Waals surface area contributed by atoms with Gasteiger partial charge >= 0.3 is 0 Å². The summed E-state index contributed by atoms with van der Waals surface area (Å²) in [4.78, 5) is 4.47. The Labute approximate surface area is 113 Å². The monoisotopic (exact) mass is 257 g/mol. The maximum absolute atomic E-state index is 5.71. The average Bonchev–Trinajstić information content (AvgIpc) is 2.49. The lowest BCUT2D eigenvalue weighted by Crippen LogP contribution is -2.30. The Kier molecular flexibility index (Phi) is 4.49. The van der Waals surface area contributed by atoms with Crippen molar-refractivity contribution >= 4 is 0 Å². The number of aromatic nitrogens is 1. The third-order valence-electron chi connectivity index (χ3n) is 3.20. The lowest BCUT2D eigenvalue weighted by Gasteiger charge is -2.18. The largest absolute Gasteiger partial charge is 0.497 e. The number of hydrogen-bond acceptors (Lipinski definition) is 4. The maximum Gasteiger partial charge on any atom is 0.118 e. The molecule has 0 saturated heterocycles. The molecule has 1 aromatic heterocycles. The summed E-state index contributed by atoms with van der Waals surface area (Å²) in [6.07, 6.45) is 2.72. The summed E-state index contributed by atoms with van der Waals surface area (Å²) in [5.41, 5.74) is 6.08. The van der Waals surface area contributed by atoms with Gasteiger partial charge in [-0.25, -0.2) is 5.43 Å². The van der Waals surface area contributed by atoms with Crippen LogP contribution in [0.5, 0.6) is 5.75 Å². The van der Waals surface area contributed by atoms with Crippen LogP contribution in [0.3, 0.4) is 0 Å². The molecule has 1 aromatic carbocycles. The molecule has 1 atom stereocenters. The van der Waals surface area contributed by atoms with Gasteiger partial charge in [0.2, 0.25) is 0 Å². The third kappa shape index (κ3) is 2.92. The molecule has 0 amide bonds. The van der Waals surface area contributed by atoms with Crippen LogP contribution in [0.1, 0.15) is 29.8 Å². The molecular weight excluding hydrogens is 238 g/mol. The average molecular weight is 257 g/mol. The quantitative estimate of drug-likeness (QED) is 0.637. The van der Waals surface area contributed by atoms with Gasteiger partial charge in [0.1, 0.15) is 5.75 Å². The van der Waals surface area contributed by atoms with Gasteiger partial charge in [-0.3, -0.25) is 10.8 Å². The molecular formula is C15H19N3O. The van der Waals surface area contributed by atoms with Crippen molar-refractivity contribution < 1.29 is 4.74 Å². The molecule has 4 nitrogen and oxygen atoms in total. The van der Waals surface area contributed by atoms with Gasteiger partial charge in [-0.15, -0.1) is 0 Å². The minimum Gasteiger partial charge on any atom is -0.497 e. The Morgan fingerprint density at radius 2 is 2.00 bits per heavy atom. The lowest BCUT2D eigenvalue weighted by molar-refractivity contribution is 0.414. The fourth-order valence-electron chi connectivity index (χ4n) is 2.14. The second kappa shape index (κ2) is 6.31. The van der Waals surface area contributed by atoms with E-state index in [1.807, 2.05) is 30.3 Å². The molecule has 1 heterocycles. The molecule has 0 radical (unpaired) electrons. The molecule has 0 spiro atoms. The van der Waals surface area contributed by atoms with Crippen LogP contribution in [0, 0.1) is 0 Å². The number of hydrogen-bond donors (Lipinski definition) is 2. The molecule has 0 aliphatic carbocycles. The first kappa shape index (κ1) is 13.5. The van der Waals surface area contributed by atoms with Crippen molar-refractivity contribution in [1.82, 2.24) is 10.4 Å². The first-order valence-electron chi connectivity index (χ1n) is 6.34. The van der Waals surface area contributed by atoms with Crippen LogP contribution in [0.25, 0.3) is 0 Å². The van der Waals surface area contributed by atoms with E-state index in [2.05, 4.69) is 23.4 Å². The highest BCUT2D eigenvalue weighted by molar-refractivity contribution is 5.35. The van der Waals surface area contributed by atoms with E-state index in [4.69, 9.17) is 10.6 Å². The highest BCUT2D eigenvalue weighted by Gasteiger charge is 2.16. The topological polar surface area (TPSA) is 60.2 Å². The molecule has 0 aliphatic rings. The molecule has 0 saturated carbocycles. The number of benzene rings is 1. The summed E-state index contributed by atoms with van der Waals surface area (Å²) in [6, 6.07) is 11.8. The highest BCUT2D eigenvalue weighted by Crippen LogP contribution is 2.24. The van der Waals surface area contributed by atoms with E-state index in [1.54, 1.807) is 13.3 Å². The van der Waals surface area contributed by atoms with Crippen molar-refractivity contribution in [3.05, 3.63) is 59.4 Å². The molecule has 0 bridgehead atoms. The van der Waals surface area contributed by atoms with Crippen molar-refractivity contribution in [2.75, 3.05) is 7.11 Å². The number of nitrogens with zero attached hydrogens (tertiary/aromatic N) is 1. The Bertz CT molecular complexity index is 525. The minimum atomic E-state index is -0.109. The molecule has 4 heteroatoms. The van der Waals surface area contributed by atoms with Crippen LogP contribution in [0.15, 0.2) is 42.6 Å². The number of pyridine rings is 1. The number of aryl methyl sites for hydroxylation is 1. The minimum absolute atomic E-state index is 0.109. The van der Waals surface area contributed by atoms with Gasteiger partial charge in [0.05, 0.1) is 18.8 Å². The zero-order valence-electron chi connectivity index (χ0n) is 11.3. The van der Waals surface area contributed by atoms with E-state index in [0.29, 0.717) is 0 Å². The van der Waals surface area contributed by atoms with E-state index < -0.39 is 0 Å². The van der Waals surface area contributed by atoms with Gasteiger partial charge in [0, 0.05) is 6.20 Å². The highest BCUT2D eigenvalue weighted by atomic mass is 16.5. The third-order valence-corrected chi connectivity index (χ3v) is 3.20. The predicted octanol–water partition coefficient (Wildman–Crippen LogP) is 2.21. The van der Waals surface area contributed by atoms with E-state index >= 15 is 0 Å². The number of hydrazine groups is 1. The fourth-order valence-corrected chi connectivity index (χ4v) is 2.14. The predicted molar refractivity (Wildman–Crippen MR) is 75.8 cm³/mol. The molecule has 3 N–H and O–H groups in total. The van der Waals surface area contributed by atoms with Gasteiger partial charge in [0.25, 0.3) is 0 Å². The molecule has 2 rings (SSSR count). The molecule has 2 aromatic rings. The Morgan fingerprint density at radius 3 is 2.58 bits per heavy atom. The first-order valence-corrected chi connectivity index (χ1v) is 6.34.